The van der Waals surface area contributed by atoms with Gasteiger partial charge in [-0.3, -0.25) is 14.6 Å². The number of halogens is 6. The van der Waals surface area contributed by atoms with Crippen LogP contribution in [0.1, 0.15) is 35.4 Å². The Morgan fingerprint density at radius 3 is 2.20 bits per heavy atom. The molecule has 10 nitrogen and oxygen atoms in total. The van der Waals surface area contributed by atoms with Crippen molar-refractivity contribution in [3.63, 3.8) is 0 Å². The summed E-state index contributed by atoms with van der Waals surface area (Å²) in [6.07, 6.45) is -3.51. The van der Waals surface area contributed by atoms with Crippen LogP contribution in [0.4, 0.5) is 17.6 Å². The number of hydrogen-bond donors (Lipinski definition) is 0. The number of piperazine rings is 2. The van der Waals surface area contributed by atoms with Gasteiger partial charge in [0.2, 0.25) is 11.8 Å². The molecule has 2 aromatic carbocycles. The van der Waals surface area contributed by atoms with Gasteiger partial charge in [-0.2, -0.15) is 23.1 Å². The van der Waals surface area contributed by atoms with Gasteiger partial charge < -0.3 is 23.8 Å². The molecular weight excluding hydrogens is 717 g/mol. The van der Waals surface area contributed by atoms with Crippen molar-refractivity contribution in [2.75, 3.05) is 66.3 Å². The second-order valence-corrected chi connectivity index (χ2v) is 12.5. The molecule has 6 rings (SSSR count). The van der Waals surface area contributed by atoms with E-state index in [9.17, 15) is 22.4 Å². The molecule has 0 saturated carbocycles. The fourth-order valence-corrected chi connectivity index (χ4v) is 7.19. The molecular formula is C35H43Cl2F4N5O5. The highest BCUT2D eigenvalue weighted by Crippen LogP contribution is 2.38. The SMILES string of the molecule is COc1nc(OCCF)nc(OCC(F)(F)F)c1CN1C[C@@H]2CN(C(=O)[C@H]3CCCO3)CCN2[C@H](C(c2ccccc2)c2ccccc2)C1.Cl.Cl. The van der Waals surface area contributed by atoms with Gasteiger partial charge in [0.05, 0.1) is 12.7 Å². The maximum Gasteiger partial charge on any atom is 0.422 e. The summed E-state index contributed by atoms with van der Waals surface area (Å²) >= 11 is 0. The monoisotopic (exact) mass is 759 g/mol. The fourth-order valence-electron chi connectivity index (χ4n) is 7.19. The fraction of sp³-hybridized carbons (Fsp3) is 0.514. The van der Waals surface area contributed by atoms with Crippen molar-refractivity contribution >= 4 is 30.7 Å². The Morgan fingerprint density at radius 2 is 1.61 bits per heavy atom. The Kier molecular flexibility index (Phi) is 14.5. The minimum Gasteiger partial charge on any atom is -0.481 e. The molecule has 1 amide bonds. The minimum absolute atomic E-state index is 0. The van der Waals surface area contributed by atoms with Crippen molar-refractivity contribution in [1.29, 1.82) is 0 Å². The van der Waals surface area contributed by atoms with Crippen LogP contribution in [0.15, 0.2) is 60.7 Å². The van der Waals surface area contributed by atoms with Crippen molar-refractivity contribution in [1.82, 2.24) is 24.7 Å². The number of alkyl halides is 4. The second-order valence-electron chi connectivity index (χ2n) is 12.5. The first-order chi connectivity index (χ1) is 23.7. The van der Waals surface area contributed by atoms with Crippen molar-refractivity contribution in [3.05, 3.63) is 77.4 Å². The Hall–Kier alpha value is -3.43. The van der Waals surface area contributed by atoms with E-state index in [2.05, 4.69) is 44.0 Å². The maximum atomic E-state index is 13.5. The lowest BCUT2D eigenvalue weighted by molar-refractivity contribution is -0.154. The summed E-state index contributed by atoms with van der Waals surface area (Å²) in [5.74, 6) is -0.432. The molecule has 3 atom stereocenters. The number of nitrogens with zero attached hydrogens (tertiary/aromatic N) is 5. The molecule has 280 valence electrons. The van der Waals surface area contributed by atoms with Gasteiger partial charge in [-0.15, -0.1) is 24.8 Å². The van der Waals surface area contributed by atoms with Crippen molar-refractivity contribution < 1.29 is 41.3 Å². The molecule has 3 saturated heterocycles. The smallest absolute Gasteiger partial charge is 0.422 e. The lowest BCUT2D eigenvalue weighted by atomic mass is 9.81. The van der Waals surface area contributed by atoms with E-state index in [1.807, 2.05) is 41.3 Å². The van der Waals surface area contributed by atoms with E-state index in [-0.39, 0.29) is 85.2 Å². The van der Waals surface area contributed by atoms with Gasteiger partial charge in [-0.05, 0) is 24.0 Å². The maximum absolute atomic E-state index is 13.5. The Morgan fingerprint density at radius 1 is 0.941 bits per heavy atom. The van der Waals surface area contributed by atoms with Crippen LogP contribution >= 0.6 is 24.8 Å². The van der Waals surface area contributed by atoms with E-state index in [0.717, 1.165) is 17.5 Å². The summed E-state index contributed by atoms with van der Waals surface area (Å²) in [5, 5.41) is 0. The number of methoxy groups -OCH3 is 1. The molecule has 1 aromatic heterocycles. The molecule has 3 aliphatic heterocycles. The second kappa shape index (κ2) is 18.4. The highest BCUT2D eigenvalue weighted by Gasteiger charge is 2.44. The number of benzene rings is 2. The molecule has 0 aliphatic carbocycles. The quantitative estimate of drug-likeness (QED) is 0.228. The molecule has 0 unspecified atom stereocenters. The summed E-state index contributed by atoms with van der Waals surface area (Å²) < 4.78 is 74.5. The number of rotatable bonds is 12. The van der Waals surface area contributed by atoms with E-state index < -0.39 is 25.6 Å². The first-order valence-electron chi connectivity index (χ1n) is 16.6. The Balaban J connectivity index is 0.00000292. The van der Waals surface area contributed by atoms with Crippen LogP contribution < -0.4 is 14.2 Å². The van der Waals surface area contributed by atoms with Gasteiger partial charge in [0.1, 0.15) is 19.4 Å². The summed E-state index contributed by atoms with van der Waals surface area (Å²) in [5.41, 5.74) is 2.47. The number of carbonyl (C=O) groups is 1. The normalized spacial score (nSPS) is 21.0. The van der Waals surface area contributed by atoms with E-state index in [4.69, 9.17) is 18.9 Å². The molecule has 4 heterocycles. The lowest BCUT2D eigenvalue weighted by Gasteiger charge is -2.53. The third kappa shape index (κ3) is 9.92. The van der Waals surface area contributed by atoms with Crippen LogP contribution in [0.5, 0.6) is 17.8 Å². The van der Waals surface area contributed by atoms with Gasteiger partial charge in [0.15, 0.2) is 6.61 Å². The van der Waals surface area contributed by atoms with Crippen LogP contribution in [0.2, 0.25) is 0 Å². The third-order valence-electron chi connectivity index (χ3n) is 9.25. The Labute approximate surface area is 307 Å². The topological polar surface area (TPSA) is 89.5 Å². The van der Waals surface area contributed by atoms with Crippen molar-refractivity contribution in [2.45, 2.75) is 49.7 Å². The van der Waals surface area contributed by atoms with E-state index in [0.29, 0.717) is 45.8 Å². The number of carbonyl (C=O) groups excluding carboxylic acids is 1. The average Bonchev–Trinajstić information content (AvgIpc) is 3.66. The first-order valence-corrected chi connectivity index (χ1v) is 16.6. The number of aromatic nitrogens is 2. The summed E-state index contributed by atoms with van der Waals surface area (Å²) in [7, 11) is 1.34. The summed E-state index contributed by atoms with van der Waals surface area (Å²) in [4.78, 5) is 28.3. The molecule has 3 aromatic rings. The molecule has 0 spiro atoms. The predicted octanol–water partition coefficient (Wildman–Crippen LogP) is 5.33. The molecule has 51 heavy (non-hydrogen) atoms. The van der Waals surface area contributed by atoms with E-state index >= 15 is 0 Å². The van der Waals surface area contributed by atoms with Crippen molar-refractivity contribution in [3.8, 4) is 17.8 Å². The molecule has 16 heteroatoms. The standard InChI is InChI=1S/C35H41F4N5O5.2ClH/c1-46-31-27(32(49-23-35(37,38)39)41-34(40-31)48-18-14-36)21-42-19-26-20-43(33(45)29-13-8-17-47-29)15-16-44(26)28(22-42)30(24-9-4-2-5-10-24)25-11-6-3-7-12-25;;/h2-7,9-12,26,28-30H,8,13-23H2,1H3;2*1H/t26-,28+,29-;;/m1../s1. The zero-order valence-corrected chi connectivity index (χ0v) is 29.8. The summed E-state index contributed by atoms with van der Waals surface area (Å²) in [6, 6.07) is 20.0. The highest BCUT2D eigenvalue weighted by atomic mass is 35.5. The van der Waals surface area contributed by atoms with E-state index in [1.165, 1.54) is 7.11 Å². The zero-order valence-electron chi connectivity index (χ0n) is 28.2. The number of fused-ring (bicyclic) bond motifs is 1. The van der Waals surface area contributed by atoms with Crippen LogP contribution in [0, 0.1) is 0 Å². The van der Waals surface area contributed by atoms with Crippen LogP contribution in [0.3, 0.4) is 0 Å². The molecule has 3 aliphatic rings. The molecule has 0 radical (unpaired) electrons. The third-order valence-corrected chi connectivity index (χ3v) is 9.25. The molecule has 0 bridgehead atoms. The Bertz CT molecular complexity index is 1500. The largest absolute Gasteiger partial charge is 0.481 e. The van der Waals surface area contributed by atoms with Crippen LogP contribution in [0.25, 0.3) is 0 Å². The van der Waals surface area contributed by atoms with Gasteiger partial charge in [0, 0.05) is 63.9 Å². The van der Waals surface area contributed by atoms with Gasteiger partial charge in [-0.25, -0.2) is 4.39 Å². The number of hydrogen-bond acceptors (Lipinski definition) is 9. The number of ether oxygens (including phenoxy) is 4. The van der Waals surface area contributed by atoms with Gasteiger partial charge in [-0.1, -0.05) is 60.7 Å². The van der Waals surface area contributed by atoms with Crippen LogP contribution in [-0.2, 0) is 16.1 Å². The first kappa shape index (κ1) is 40.3. The zero-order chi connectivity index (χ0) is 34.4. The lowest BCUT2D eigenvalue weighted by Crippen LogP contribution is -2.67. The van der Waals surface area contributed by atoms with Crippen LogP contribution in [-0.4, -0.2) is 121 Å². The minimum atomic E-state index is -4.63. The summed E-state index contributed by atoms with van der Waals surface area (Å²) in [6.45, 7) is 0.599. The molecule has 3 fully saturated rings. The predicted molar refractivity (Wildman–Crippen MR) is 186 cm³/mol. The van der Waals surface area contributed by atoms with E-state index in [1.54, 1.807) is 0 Å². The van der Waals surface area contributed by atoms with Gasteiger partial charge in [0.25, 0.3) is 5.91 Å². The highest BCUT2D eigenvalue weighted by molar-refractivity contribution is 5.85. The average molecular weight is 761 g/mol. The van der Waals surface area contributed by atoms with Crippen molar-refractivity contribution in [2.24, 2.45) is 0 Å². The molecule has 0 N–H and O–H groups in total. The number of amides is 1. The van der Waals surface area contributed by atoms with Gasteiger partial charge >= 0.3 is 12.2 Å².